The first-order chi connectivity index (χ1) is 11.4. The second kappa shape index (κ2) is 7.29. The Bertz CT molecular complexity index is 692. The largest absolute Gasteiger partial charge is 0.378 e. The molecule has 7 heteroatoms. The van der Waals surface area contributed by atoms with Crippen LogP contribution in [0.15, 0.2) is 29.4 Å². The zero-order valence-electron chi connectivity index (χ0n) is 15.0. The fraction of sp³-hybridized carbons (Fsp3) is 0.529. The summed E-state index contributed by atoms with van der Waals surface area (Å²) in [5.74, 6) is 0.932. The highest BCUT2D eigenvalue weighted by atomic mass is 32.2. The molecule has 0 N–H and O–H groups in total. The molecule has 0 spiro atoms. The highest BCUT2D eigenvalue weighted by Crippen LogP contribution is 2.29. The first kappa shape index (κ1) is 17.5. The van der Waals surface area contributed by atoms with Crippen LogP contribution in [0.2, 0.25) is 19.6 Å². The van der Waals surface area contributed by atoms with Crippen LogP contribution in [-0.2, 0) is 4.74 Å². The first-order valence-electron chi connectivity index (χ1n) is 8.42. The molecule has 3 rings (SSSR count). The zero-order chi connectivity index (χ0) is 17.2. The van der Waals surface area contributed by atoms with Crippen molar-refractivity contribution in [1.82, 2.24) is 14.8 Å². The van der Waals surface area contributed by atoms with Gasteiger partial charge in [0.25, 0.3) is 0 Å². The van der Waals surface area contributed by atoms with Gasteiger partial charge in [-0.05, 0) is 30.0 Å². The number of hydrogen-bond donors (Lipinski definition) is 0. The number of aryl methyl sites for hydroxylation is 1. The predicted molar refractivity (Wildman–Crippen MR) is 103 cm³/mol. The molecule has 130 valence electrons. The van der Waals surface area contributed by atoms with Gasteiger partial charge in [-0.1, -0.05) is 43.5 Å². The lowest BCUT2D eigenvalue weighted by Crippen LogP contribution is -2.37. The van der Waals surface area contributed by atoms with Gasteiger partial charge in [0.2, 0.25) is 5.95 Å². The van der Waals surface area contributed by atoms with E-state index < -0.39 is 8.07 Å². The van der Waals surface area contributed by atoms with Gasteiger partial charge in [-0.3, -0.25) is 4.57 Å². The second-order valence-electron chi connectivity index (χ2n) is 7.41. The lowest BCUT2D eigenvalue weighted by molar-refractivity contribution is 0.122. The van der Waals surface area contributed by atoms with E-state index in [1.807, 2.05) is 11.8 Å². The molecular weight excluding hydrogens is 336 g/mol. The monoisotopic (exact) mass is 362 g/mol. The molecule has 2 heterocycles. The van der Waals surface area contributed by atoms with Crippen LogP contribution >= 0.6 is 11.8 Å². The number of aromatic nitrogens is 3. The van der Waals surface area contributed by atoms with Gasteiger partial charge in [0.15, 0.2) is 5.16 Å². The van der Waals surface area contributed by atoms with E-state index in [1.165, 1.54) is 5.56 Å². The number of benzene rings is 1. The molecule has 0 amide bonds. The van der Waals surface area contributed by atoms with Crippen molar-refractivity contribution in [3.63, 3.8) is 0 Å². The van der Waals surface area contributed by atoms with Crippen LogP contribution in [0.1, 0.15) is 5.56 Å². The summed E-state index contributed by atoms with van der Waals surface area (Å²) < 4.78 is 7.70. The zero-order valence-corrected chi connectivity index (χ0v) is 16.8. The predicted octanol–water partition coefficient (Wildman–Crippen LogP) is 3.38. The third kappa shape index (κ3) is 4.20. The normalized spacial score (nSPS) is 15.8. The van der Waals surface area contributed by atoms with Gasteiger partial charge in [-0.2, -0.15) is 0 Å². The topological polar surface area (TPSA) is 43.2 Å². The third-order valence-corrected chi connectivity index (χ3v) is 8.37. The molecule has 0 atom stereocenters. The fourth-order valence-corrected chi connectivity index (χ4v) is 5.26. The first-order valence-corrected chi connectivity index (χ1v) is 13.1. The van der Waals surface area contributed by atoms with E-state index in [9.17, 15) is 0 Å². The van der Waals surface area contributed by atoms with Crippen molar-refractivity contribution in [3.8, 4) is 5.69 Å². The average molecular weight is 363 g/mol. The summed E-state index contributed by atoms with van der Waals surface area (Å²) in [5.41, 5.74) is 2.38. The molecule has 0 unspecified atom stereocenters. The van der Waals surface area contributed by atoms with E-state index in [2.05, 4.69) is 70.5 Å². The molecular formula is C17H26N4OSSi. The molecule has 24 heavy (non-hydrogen) atoms. The van der Waals surface area contributed by atoms with E-state index >= 15 is 0 Å². The van der Waals surface area contributed by atoms with Gasteiger partial charge in [-0.25, -0.2) is 0 Å². The lowest BCUT2D eigenvalue weighted by atomic mass is 10.2. The molecule has 0 saturated carbocycles. The van der Waals surface area contributed by atoms with Crippen LogP contribution in [0.4, 0.5) is 5.95 Å². The molecule has 0 aliphatic carbocycles. The maximum atomic E-state index is 5.49. The van der Waals surface area contributed by atoms with E-state index in [4.69, 9.17) is 4.74 Å². The Kier molecular flexibility index (Phi) is 5.32. The maximum Gasteiger partial charge on any atom is 0.232 e. The molecule has 1 aromatic carbocycles. The van der Waals surface area contributed by atoms with Gasteiger partial charge in [0, 0.05) is 13.1 Å². The van der Waals surface area contributed by atoms with Crippen molar-refractivity contribution in [2.45, 2.75) is 31.7 Å². The number of hydrogen-bond acceptors (Lipinski definition) is 5. The van der Waals surface area contributed by atoms with E-state index in [-0.39, 0.29) is 0 Å². The van der Waals surface area contributed by atoms with Crippen LogP contribution in [0, 0.1) is 6.92 Å². The van der Waals surface area contributed by atoms with E-state index in [0.717, 1.165) is 48.5 Å². The smallest absolute Gasteiger partial charge is 0.232 e. The highest BCUT2D eigenvalue weighted by molar-refractivity contribution is 8.00. The maximum absolute atomic E-state index is 5.49. The summed E-state index contributed by atoms with van der Waals surface area (Å²) in [6.45, 7) is 12.5. The summed E-state index contributed by atoms with van der Waals surface area (Å²) in [7, 11) is -1.16. The quantitative estimate of drug-likeness (QED) is 0.602. The van der Waals surface area contributed by atoms with Crippen molar-refractivity contribution < 1.29 is 4.74 Å². The van der Waals surface area contributed by atoms with Crippen molar-refractivity contribution in [1.29, 1.82) is 0 Å². The Hall–Kier alpha value is -1.31. The van der Waals surface area contributed by atoms with Crippen LogP contribution in [0.5, 0.6) is 0 Å². The van der Waals surface area contributed by atoms with Gasteiger partial charge in [0.1, 0.15) is 0 Å². The summed E-state index contributed by atoms with van der Waals surface area (Å²) in [4.78, 5) is 2.28. The summed E-state index contributed by atoms with van der Waals surface area (Å²) >= 11 is 1.83. The Morgan fingerprint density at radius 1 is 1.17 bits per heavy atom. The summed E-state index contributed by atoms with van der Waals surface area (Å²) in [5, 5.41) is 11.2. The van der Waals surface area contributed by atoms with Crippen LogP contribution in [-0.4, -0.2) is 54.5 Å². The van der Waals surface area contributed by atoms with Crippen molar-refractivity contribution >= 4 is 25.8 Å². The minimum absolute atomic E-state index is 0.748. The lowest BCUT2D eigenvalue weighted by Gasteiger charge is -2.28. The van der Waals surface area contributed by atoms with Gasteiger partial charge >= 0.3 is 0 Å². The van der Waals surface area contributed by atoms with Crippen LogP contribution in [0.3, 0.4) is 0 Å². The fourth-order valence-electron chi connectivity index (χ4n) is 2.60. The molecule has 1 aromatic heterocycles. The molecule has 0 radical (unpaired) electrons. The summed E-state index contributed by atoms with van der Waals surface area (Å²) in [6.07, 6.45) is 0. The average Bonchev–Trinajstić information content (AvgIpc) is 2.97. The Morgan fingerprint density at radius 2 is 1.92 bits per heavy atom. The molecule has 2 aromatic rings. The second-order valence-corrected chi connectivity index (χ2v) is 14.3. The number of morpholine rings is 1. The minimum Gasteiger partial charge on any atom is -0.378 e. The minimum atomic E-state index is -1.16. The highest BCUT2D eigenvalue weighted by Gasteiger charge is 2.23. The van der Waals surface area contributed by atoms with Gasteiger partial charge < -0.3 is 9.64 Å². The molecule has 1 fully saturated rings. The number of anilines is 1. The number of rotatable bonds is 5. The molecule has 1 aliphatic heterocycles. The van der Waals surface area contributed by atoms with E-state index in [1.54, 1.807) is 0 Å². The third-order valence-electron chi connectivity index (χ3n) is 3.80. The van der Waals surface area contributed by atoms with Crippen molar-refractivity contribution in [2.75, 3.05) is 36.6 Å². The van der Waals surface area contributed by atoms with Gasteiger partial charge in [-0.15, -0.1) is 10.2 Å². The number of ether oxygens (including phenoxy) is 1. The molecule has 5 nitrogen and oxygen atoms in total. The van der Waals surface area contributed by atoms with Crippen molar-refractivity contribution in [2.24, 2.45) is 0 Å². The van der Waals surface area contributed by atoms with Gasteiger partial charge in [0.05, 0.1) is 27.0 Å². The van der Waals surface area contributed by atoms with E-state index in [0.29, 0.717) is 0 Å². The Balaban J connectivity index is 1.98. The van der Waals surface area contributed by atoms with Crippen LogP contribution < -0.4 is 4.90 Å². The number of thioether (sulfide) groups is 1. The van der Waals surface area contributed by atoms with Crippen LogP contribution in [0.25, 0.3) is 5.69 Å². The Labute approximate surface area is 149 Å². The Morgan fingerprint density at radius 3 is 2.58 bits per heavy atom. The summed E-state index contributed by atoms with van der Waals surface area (Å²) in [6, 6.07) is 8.56. The standard InChI is InChI=1S/C17H26N4OSSi/c1-14-6-5-7-15(12-14)21-16(20-8-10-22-11-9-20)18-19-17(21)23-13-24(2,3)4/h5-7,12H,8-11,13H2,1-4H3. The van der Waals surface area contributed by atoms with Crippen molar-refractivity contribution in [3.05, 3.63) is 29.8 Å². The SMILES string of the molecule is Cc1cccc(-n2c(SC[Si](C)(C)C)nnc2N2CCOCC2)c1. The molecule has 0 bridgehead atoms. The molecule has 1 aliphatic rings. The number of nitrogens with zero attached hydrogens (tertiary/aromatic N) is 4. The molecule has 1 saturated heterocycles.